The average molecular weight is 298 g/mol. The highest BCUT2D eigenvalue weighted by Gasteiger charge is 2.18. The van der Waals surface area contributed by atoms with Gasteiger partial charge in [0.15, 0.2) is 5.96 Å². The predicted molar refractivity (Wildman–Crippen MR) is 85.5 cm³/mol. The van der Waals surface area contributed by atoms with Crippen molar-refractivity contribution >= 4 is 11.9 Å². The van der Waals surface area contributed by atoms with E-state index >= 15 is 0 Å². The zero-order chi connectivity index (χ0) is 15.7. The first-order valence-corrected chi connectivity index (χ1v) is 7.83. The van der Waals surface area contributed by atoms with Gasteiger partial charge in [0.05, 0.1) is 12.1 Å². The molecular weight excluding hydrogens is 268 g/mol. The summed E-state index contributed by atoms with van der Waals surface area (Å²) in [5.41, 5.74) is -0.284. The van der Waals surface area contributed by atoms with E-state index in [0.29, 0.717) is 19.5 Å². The van der Waals surface area contributed by atoms with Gasteiger partial charge < -0.3 is 20.3 Å². The van der Waals surface area contributed by atoms with Gasteiger partial charge in [0.2, 0.25) is 5.91 Å². The average Bonchev–Trinajstić information content (AvgIpc) is 2.99. The number of amides is 1. The molecule has 0 saturated carbocycles. The number of nitrogens with zero attached hydrogens (tertiary/aromatic N) is 2. The van der Waals surface area contributed by atoms with Gasteiger partial charge in [0, 0.05) is 39.7 Å². The first-order valence-electron chi connectivity index (χ1n) is 7.83. The second-order valence-corrected chi connectivity index (χ2v) is 5.92. The van der Waals surface area contributed by atoms with E-state index in [2.05, 4.69) is 15.6 Å². The number of likely N-dealkylation sites (tertiary alicyclic amines) is 1. The van der Waals surface area contributed by atoms with Crippen LogP contribution in [0.4, 0.5) is 0 Å². The molecule has 1 aliphatic rings. The summed E-state index contributed by atoms with van der Waals surface area (Å²) >= 11 is 0. The number of guanidine groups is 1. The van der Waals surface area contributed by atoms with Crippen LogP contribution in [-0.4, -0.2) is 62.2 Å². The fourth-order valence-corrected chi connectivity index (χ4v) is 2.09. The SMILES string of the molecule is CCNC(=NCC(C)(C)OC)NCCC(=O)N1CCCC1. The first-order chi connectivity index (χ1) is 9.98. The molecule has 1 aliphatic heterocycles. The van der Waals surface area contributed by atoms with Crippen molar-refractivity contribution in [3.63, 3.8) is 0 Å². The van der Waals surface area contributed by atoms with E-state index in [9.17, 15) is 4.79 Å². The number of rotatable bonds is 7. The van der Waals surface area contributed by atoms with Crippen molar-refractivity contribution in [1.82, 2.24) is 15.5 Å². The highest BCUT2D eigenvalue weighted by Crippen LogP contribution is 2.08. The van der Waals surface area contributed by atoms with Crippen LogP contribution in [0.3, 0.4) is 0 Å². The maximum Gasteiger partial charge on any atom is 0.224 e. The summed E-state index contributed by atoms with van der Waals surface area (Å²) in [6.45, 7) is 9.80. The summed E-state index contributed by atoms with van der Waals surface area (Å²) < 4.78 is 5.35. The molecule has 0 aliphatic carbocycles. The molecule has 1 fully saturated rings. The maximum absolute atomic E-state index is 12.0. The first kappa shape index (κ1) is 17.8. The Labute approximate surface area is 128 Å². The number of methoxy groups -OCH3 is 1. The lowest BCUT2D eigenvalue weighted by Crippen LogP contribution is -2.41. The van der Waals surface area contributed by atoms with Crippen molar-refractivity contribution in [3.8, 4) is 0 Å². The summed E-state index contributed by atoms with van der Waals surface area (Å²) in [7, 11) is 1.69. The Morgan fingerprint density at radius 1 is 1.29 bits per heavy atom. The molecule has 0 aromatic carbocycles. The Balaban J connectivity index is 2.36. The van der Waals surface area contributed by atoms with E-state index in [1.165, 1.54) is 0 Å². The molecule has 1 amide bonds. The molecule has 0 radical (unpaired) electrons. The molecule has 0 atom stereocenters. The smallest absolute Gasteiger partial charge is 0.224 e. The molecule has 0 unspecified atom stereocenters. The lowest BCUT2D eigenvalue weighted by Gasteiger charge is -2.21. The Morgan fingerprint density at radius 2 is 1.95 bits per heavy atom. The Bertz CT molecular complexity index is 350. The van der Waals surface area contributed by atoms with Gasteiger partial charge in [0.1, 0.15) is 0 Å². The zero-order valence-corrected chi connectivity index (χ0v) is 13.9. The highest BCUT2D eigenvalue weighted by atomic mass is 16.5. The Kier molecular flexibility index (Phi) is 7.50. The molecule has 0 aromatic rings. The van der Waals surface area contributed by atoms with Gasteiger partial charge in [-0.1, -0.05) is 0 Å². The van der Waals surface area contributed by atoms with Gasteiger partial charge in [0.25, 0.3) is 0 Å². The van der Waals surface area contributed by atoms with Crippen molar-refractivity contribution in [1.29, 1.82) is 0 Å². The number of hydrogen-bond acceptors (Lipinski definition) is 3. The van der Waals surface area contributed by atoms with Crippen LogP contribution in [0.2, 0.25) is 0 Å². The van der Waals surface area contributed by atoms with Gasteiger partial charge >= 0.3 is 0 Å². The number of ether oxygens (including phenoxy) is 1. The molecule has 1 saturated heterocycles. The summed E-state index contributed by atoms with van der Waals surface area (Å²) in [6, 6.07) is 0. The minimum atomic E-state index is -0.284. The highest BCUT2D eigenvalue weighted by molar-refractivity contribution is 5.81. The summed E-state index contributed by atoms with van der Waals surface area (Å²) in [6.07, 6.45) is 2.78. The summed E-state index contributed by atoms with van der Waals surface area (Å²) in [5, 5.41) is 6.39. The fraction of sp³-hybridized carbons (Fsp3) is 0.867. The Hall–Kier alpha value is -1.30. The van der Waals surface area contributed by atoms with Gasteiger partial charge in [-0.3, -0.25) is 9.79 Å². The monoisotopic (exact) mass is 298 g/mol. The van der Waals surface area contributed by atoms with Crippen molar-refractivity contribution in [2.75, 3.05) is 39.8 Å². The van der Waals surface area contributed by atoms with Crippen LogP contribution in [0.15, 0.2) is 4.99 Å². The molecule has 2 N–H and O–H groups in total. The summed E-state index contributed by atoms with van der Waals surface area (Å²) in [4.78, 5) is 18.4. The lowest BCUT2D eigenvalue weighted by atomic mass is 10.1. The van der Waals surface area contributed by atoms with Gasteiger partial charge in [-0.2, -0.15) is 0 Å². The lowest BCUT2D eigenvalue weighted by molar-refractivity contribution is -0.129. The van der Waals surface area contributed by atoms with E-state index in [1.54, 1.807) is 7.11 Å². The third kappa shape index (κ3) is 6.80. The number of carbonyl (C=O) groups excluding carboxylic acids is 1. The maximum atomic E-state index is 12.0. The largest absolute Gasteiger partial charge is 0.377 e. The van der Waals surface area contributed by atoms with Gasteiger partial charge in [-0.05, 0) is 33.6 Å². The number of carbonyl (C=O) groups is 1. The molecule has 0 aromatic heterocycles. The number of aliphatic imine (C=N–C) groups is 1. The molecule has 1 rings (SSSR count). The second-order valence-electron chi connectivity index (χ2n) is 5.92. The normalized spacial score (nSPS) is 16.2. The van der Waals surface area contributed by atoms with Crippen molar-refractivity contribution in [3.05, 3.63) is 0 Å². The Morgan fingerprint density at radius 3 is 2.52 bits per heavy atom. The van der Waals surface area contributed by atoms with Crippen LogP contribution in [0.1, 0.15) is 40.0 Å². The van der Waals surface area contributed by atoms with E-state index in [1.807, 2.05) is 25.7 Å². The van der Waals surface area contributed by atoms with E-state index in [-0.39, 0.29) is 11.5 Å². The molecule has 0 bridgehead atoms. The van der Waals surface area contributed by atoms with Crippen LogP contribution in [0, 0.1) is 0 Å². The van der Waals surface area contributed by atoms with Crippen LogP contribution >= 0.6 is 0 Å². The van der Waals surface area contributed by atoms with E-state index in [4.69, 9.17) is 4.74 Å². The third-order valence-corrected chi connectivity index (χ3v) is 3.60. The van der Waals surface area contributed by atoms with E-state index in [0.717, 1.165) is 38.4 Å². The predicted octanol–water partition coefficient (Wildman–Crippen LogP) is 0.979. The molecule has 1 heterocycles. The third-order valence-electron chi connectivity index (χ3n) is 3.60. The van der Waals surface area contributed by atoms with E-state index < -0.39 is 0 Å². The fourth-order valence-electron chi connectivity index (χ4n) is 2.09. The van der Waals surface area contributed by atoms with Crippen molar-refractivity contribution in [2.24, 2.45) is 4.99 Å². The topological polar surface area (TPSA) is 66.0 Å². The van der Waals surface area contributed by atoms with Crippen molar-refractivity contribution in [2.45, 2.75) is 45.6 Å². The zero-order valence-electron chi connectivity index (χ0n) is 13.9. The van der Waals surface area contributed by atoms with Gasteiger partial charge in [-0.15, -0.1) is 0 Å². The van der Waals surface area contributed by atoms with Gasteiger partial charge in [-0.25, -0.2) is 0 Å². The molecule has 6 nitrogen and oxygen atoms in total. The molecule has 122 valence electrons. The molecular formula is C15H30N4O2. The molecule has 0 spiro atoms. The minimum Gasteiger partial charge on any atom is -0.377 e. The minimum absolute atomic E-state index is 0.230. The number of nitrogens with one attached hydrogen (secondary N) is 2. The summed E-state index contributed by atoms with van der Waals surface area (Å²) in [5.74, 6) is 0.963. The van der Waals surface area contributed by atoms with Crippen LogP contribution in [-0.2, 0) is 9.53 Å². The second kappa shape index (κ2) is 8.87. The van der Waals surface area contributed by atoms with Crippen LogP contribution in [0.25, 0.3) is 0 Å². The van der Waals surface area contributed by atoms with Crippen molar-refractivity contribution < 1.29 is 9.53 Å². The standard InChI is InChI=1S/C15H30N4O2/c1-5-16-14(18-12-15(2,3)21-4)17-9-8-13(20)19-10-6-7-11-19/h5-12H2,1-4H3,(H2,16,17,18). The number of hydrogen-bond donors (Lipinski definition) is 2. The van der Waals surface area contributed by atoms with Crippen LogP contribution in [0.5, 0.6) is 0 Å². The quantitative estimate of drug-likeness (QED) is 0.543. The molecule has 6 heteroatoms. The van der Waals surface area contributed by atoms with Crippen LogP contribution < -0.4 is 10.6 Å². The molecule has 21 heavy (non-hydrogen) atoms.